The van der Waals surface area contributed by atoms with Gasteiger partial charge in [0.25, 0.3) is 0 Å². The molecule has 0 aliphatic carbocycles. The molecule has 0 aliphatic rings. The number of hydrogen-bond donors (Lipinski definition) is 1. The second-order valence-corrected chi connectivity index (χ2v) is 9.46. The molecule has 1 atom stereocenters. The second kappa shape index (κ2) is 11.6. The van der Waals surface area contributed by atoms with Gasteiger partial charge in [0.15, 0.2) is 0 Å². The van der Waals surface area contributed by atoms with Crippen molar-refractivity contribution >= 4 is 27.5 Å². The number of ether oxygens (including phenoxy) is 1. The predicted octanol–water partition coefficient (Wildman–Crippen LogP) is 2.54. The van der Waals surface area contributed by atoms with E-state index in [1.165, 1.54) is 30.1 Å². The van der Waals surface area contributed by atoms with Gasteiger partial charge in [0, 0.05) is 26.6 Å². The van der Waals surface area contributed by atoms with Crippen molar-refractivity contribution in [2.24, 2.45) is 0 Å². The molecule has 10 heteroatoms. The highest BCUT2D eigenvalue weighted by molar-refractivity contribution is 7.92. The molecule has 2 aromatic carbocycles. The minimum absolute atomic E-state index is 0.0159. The fourth-order valence-corrected chi connectivity index (χ4v) is 4.32. The molecular weight excluding hydrogens is 449 g/mol. The molecule has 2 rings (SSSR count). The number of methoxy groups -OCH3 is 1. The molecule has 0 fully saturated rings. The molecule has 180 valence electrons. The molecule has 0 heterocycles. The number of sulfonamides is 1. The third-order valence-corrected chi connectivity index (χ3v) is 6.38. The van der Waals surface area contributed by atoms with Crippen molar-refractivity contribution < 1.29 is 27.1 Å². The molecule has 33 heavy (non-hydrogen) atoms. The molecule has 2 amide bonds. The summed E-state index contributed by atoms with van der Waals surface area (Å²) in [6.07, 6.45) is 1.13. The minimum Gasteiger partial charge on any atom is -0.497 e. The van der Waals surface area contributed by atoms with Crippen molar-refractivity contribution in [3.8, 4) is 5.75 Å². The maximum absolute atomic E-state index is 14.2. The van der Waals surface area contributed by atoms with Crippen LogP contribution in [0, 0.1) is 5.82 Å². The van der Waals surface area contributed by atoms with Crippen LogP contribution in [0.3, 0.4) is 0 Å². The van der Waals surface area contributed by atoms with Crippen LogP contribution >= 0.6 is 0 Å². The van der Waals surface area contributed by atoms with E-state index in [0.717, 1.165) is 16.1 Å². The summed E-state index contributed by atoms with van der Waals surface area (Å²) in [4.78, 5) is 26.7. The summed E-state index contributed by atoms with van der Waals surface area (Å²) in [7, 11) is -0.707. The summed E-state index contributed by atoms with van der Waals surface area (Å²) in [5.41, 5.74) is 0.741. The summed E-state index contributed by atoms with van der Waals surface area (Å²) < 4.78 is 44.7. The molecule has 0 aliphatic heterocycles. The van der Waals surface area contributed by atoms with E-state index in [-0.39, 0.29) is 43.4 Å². The lowest BCUT2D eigenvalue weighted by molar-refractivity contribution is -0.140. The molecule has 2 aromatic rings. The molecule has 0 saturated carbocycles. The SMILES string of the molecule is CNC(=O)C(C)N(Cc1ccc(OC)cc1)C(=O)CCCN(c1ccccc1F)S(C)(=O)=O. The Balaban J connectivity index is 2.15. The van der Waals surface area contributed by atoms with Gasteiger partial charge in [-0.25, -0.2) is 12.8 Å². The first-order valence-electron chi connectivity index (χ1n) is 10.4. The Morgan fingerprint density at radius 3 is 2.30 bits per heavy atom. The smallest absolute Gasteiger partial charge is 0.242 e. The highest BCUT2D eigenvalue weighted by Crippen LogP contribution is 2.22. The fraction of sp³-hybridized carbons (Fsp3) is 0.391. The Labute approximate surface area is 194 Å². The predicted molar refractivity (Wildman–Crippen MR) is 125 cm³/mol. The summed E-state index contributed by atoms with van der Waals surface area (Å²) >= 11 is 0. The Morgan fingerprint density at radius 2 is 1.76 bits per heavy atom. The zero-order valence-electron chi connectivity index (χ0n) is 19.2. The number of amides is 2. The fourth-order valence-electron chi connectivity index (χ4n) is 3.36. The van der Waals surface area contributed by atoms with Crippen LogP contribution in [0.4, 0.5) is 10.1 Å². The summed E-state index contributed by atoms with van der Waals surface area (Å²) in [5, 5.41) is 2.54. The van der Waals surface area contributed by atoms with Crippen molar-refractivity contribution in [3.63, 3.8) is 0 Å². The van der Waals surface area contributed by atoms with Gasteiger partial charge in [0.05, 0.1) is 19.1 Å². The third kappa shape index (κ3) is 7.18. The maximum Gasteiger partial charge on any atom is 0.242 e. The number of para-hydroxylation sites is 1. The van der Waals surface area contributed by atoms with Crippen LogP contribution in [0.25, 0.3) is 0 Å². The number of halogens is 1. The van der Waals surface area contributed by atoms with Gasteiger partial charge in [-0.3, -0.25) is 13.9 Å². The lowest BCUT2D eigenvalue weighted by atomic mass is 10.1. The second-order valence-electron chi connectivity index (χ2n) is 7.55. The van der Waals surface area contributed by atoms with Gasteiger partial charge in [-0.05, 0) is 43.2 Å². The number of anilines is 1. The van der Waals surface area contributed by atoms with Crippen LogP contribution in [0.5, 0.6) is 5.75 Å². The molecule has 0 saturated heterocycles. The molecule has 0 radical (unpaired) electrons. The Bertz CT molecular complexity index is 1060. The molecule has 0 spiro atoms. The van der Waals surface area contributed by atoms with Gasteiger partial charge in [-0.2, -0.15) is 0 Å². The Kier molecular flexibility index (Phi) is 9.22. The standard InChI is InChI=1S/C23H30FN3O5S/c1-17(23(29)25-2)26(16-18-11-13-19(32-3)14-12-18)22(28)10-7-15-27(33(4,30)31)21-9-6-5-8-20(21)24/h5-6,8-9,11-14,17H,7,10,15-16H2,1-4H3,(H,25,29). The van der Waals surface area contributed by atoms with Gasteiger partial charge in [0.1, 0.15) is 17.6 Å². The van der Waals surface area contributed by atoms with E-state index in [1.807, 2.05) is 0 Å². The average molecular weight is 480 g/mol. The van der Waals surface area contributed by atoms with E-state index >= 15 is 0 Å². The minimum atomic E-state index is -3.76. The van der Waals surface area contributed by atoms with Crippen LogP contribution in [0.1, 0.15) is 25.3 Å². The van der Waals surface area contributed by atoms with Gasteiger partial charge >= 0.3 is 0 Å². The molecule has 0 bridgehead atoms. The number of likely N-dealkylation sites (N-methyl/N-ethyl adjacent to an activating group) is 1. The van der Waals surface area contributed by atoms with Crippen LogP contribution in [0.15, 0.2) is 48.5 Å². The van der Waals surface area contributed by atoms with E-state index < -0.39 is 21.9 Å². The van der Waals surface area contributed by atoms with Gasteiger partial charge in [-0.15, -0.1) is 0 Å². The van der Waals surface area contributed by atoms with Crippen molar-refractivity contribution in [2.45, 2.75) is 32.4 Å². The first kappa shape index (κ1) is 26.1. The highest BCUT2D eigenvalue weighted by Gasteiger charge is 2.26. The highest BCUT2D eigenvalue weighted by atomic mass is 32.2. The number of carbonyl (C=O) groups is 2. The third-order valence-electron chi connectivity index (χ3n) is 5.20. The number of nitrogens with zero attached hydrogens (tertiary/aromatic N) is 2. The van der Waals surface area contributed by atoms with Crippen molar-refractivity contribution in [3.05, 3.63) is 59.9 Å². The number of rotatable bonds is 11. The number of carbonyl (C=O) groups excluding carboxylic acids is 2. The zero-order chi connectivity index (χ0) is 24.6. The van der Waals surface area contributed by atoms with E-state index in [1.54, 1.807) is 44.4 Å². The van der Waals surface area contributed by atoms with Gasteiger partial charge in [0.2, 0.25) is 21.8 Å². The largest absolute Gasteiger partial charge is 0.497 e. The number of hydrogen-bond acceptors (Lipinski definition) is 5. The van der Waals surface area contributed by atoms with Gasteiger partial charge < -0.3 is 15.0 Å². The normalized spacial score (nSPS) is 12.0. The maximum atomic E-state index is 14.2. The monoisotopic (exact) mass is 479 g/mol. The molecular formula is C23H30FN3O5S. The molecule has 1 N–H and O–H groups in total. The van der Waals surface area contributed by atoms with Gasteiger partial charge in [-0.1, -0.05) is 24.3 Å². The van der Waals surface area contributed by atoms with Crippen LogP contribution in [0.2, 0.25) is 0 Å². The topological polar surface area (TPSA) is 96.0 Å². The molecule has 8 nitrogen and oxygen atoms in total. The van der Waals surface area contributed by atoms with Crippen LogP contribution in [-0.2, 0) is 26.2 Å². The first-order chi connectivity index (χ1) is 15.6. The summed E-state index contributed by atoms with van der Waals surface area (Å²) in [6.45, 7) is 1.75. The van der Waals surface area contributed by atoms with E-state index in [9.17, 15) is 22.4 Å². The lowest BCUT2D eigenvalue weighted by Gasteiger charge is -2.29. The molecule has 1 unspecified atom stereocenters. The number of benzene rings is 2. The van der Waals surface area contributed by atoms with Crippen molar-refractivity contribution in [2.75, 3.05) is 31.3 Å². The van der Waals surface area contributed by atoms with Crippen LogP contribution in [-0.4, -0.2) is 58.1 Å². The molecule has 0 aromatic heterocycles. The first-order valence-corrected chi connectivity index (χ1v) is 12.3. The van der Waals surface area contributed by atoms with Crippen molar-refractivity contribution in [1.29, 1.82) is 0 Å². The number of nitrogens with one attached hydrogen (secondary N) is 1. The van der Waals surface area contributed by atoms with E-state index in [4.69, 9.17) is 4.74 Å². The van der Waals surface area contributed by atoms with Crippen molar-refractivity contribution in [1.82, 2.24) is 10.2 Å². The Morgan fingerprint density at radius 1 is 1.12 bits per heavy atom. The average Bonchev–Trinajstić information content (AvgIpc) is 2.79. The van der Waals surface area contributed by atoms with E-state index in [0.29, 0.717) is 5.75 Å². The summed E-state index contributed by atoms with van der Waals surface area (Å²) in [5.74, 6) is -0.626. The lowest BCUT2D eigenvalue weighted by Crippen LogP contribution is -2.46. The van der Waals surface area contributed by atoms with Crippen LogP contribution < -0.4 is 14.4 Å². The quantitative estimate of drug-likeness (QED) is 0.534. The van der Waals surface area contributed by atoms with E-state index in [2.05, 4.69) is 5.32 Å². The summed E-state index contributed by atoms with van der Waals surface area (Å²) in [6, 6.07) is 12.0. The zero-order valence-corrected chi connectivity index (χ0v) is 20.1. The Hall–Kier alpha value is -3.14.